The molecule has 11 heavy (non-hydrogen) atoms. The quantitative estimate of drug-likeness (QED) is 0.371. The van der Waals surface area contributed by atoms with Gasteiger partial charge in [0.1, 0.15) is 5.92 Å². The van der Waals surface area contributed by atoms with E-state index in [0.717, 1.165) is 11.8 Å². The van der Waals surface area contributed by atoms with Gasteiger partial charge in [0.15, 0.2) is 5.78 Å². The minimum atomic E-state index is -0.461. The first-order chi connectivity index (χ1) is 5.25. The van der Waals surface area contributed by atoms with Gasteiger partial charge in [-0.3, -0.25) is 9.59 Å². The lowest BCUT2D eigenvalue weighted by atomic mass is 10.1. The number of ketones is 1. The fraction of sp³-hybridized carbons (Fsp3) is 0.714. The molecule has 1 rings (SSSR count). The Labute approximate surface area is 69.5 Å². The van der Waals surface area contributed by atoms with Crippen molar-refractivity contribution in [2.24, 2.45) is 5.92 Å². The second-order valence-electron chi connectivity index (χ2n) is 2.34. The Morgan fingerprint density at radius 3 is 3.00 bits per heavy atom. The Hall–Kier alpha value is -0.510. The van der Waals surface area contributed by atoms with Crippen LogP contribution in [-0.2, 0) is 14.3 Å². The molecule has 4 heteroatoms. The van der Waals surface area contributed by atoms with Crippen LogP contribution in [0, 0.1) is 5.92 Å². The number of hydrogen-bond acceptors (Lipinski definition) is 3. The van der Waals surface area contributed by atoms with Gasteiger partial charge in [0.25, 0.3) is 0 Å². The summed E-state index contributed by atoms with van der Waals surface area (Å²) in [5.74, 6) is 0.394. The molecule has 0 aliphatic carbocycles. The number of carbonyl (C=O) groups is 2. The molecule has 63 valence electrons. The highest BCUT2D eigenvalue weighted by Crippen LogP contribution is 2.21. The Bertz CT molecular complexity index is 179. The van der Waals surface area contributed by atoms with Gasteiger partial charge in [-0.1, -0.05) is 0 Å². The molecule has 1 heterocycles. The van der Waals surface area contributed by atoms with Gasteiger partial charge in [-0.15, -0.1) is 0 Å². The first-order valence-corrected chi connectivity index (χ1v) is 4.84. The summed E-state index contributed by atoms with van der Waals surface area (Å²) in [4.78, 5) is 22.0. The van der Waals surface area contributed by atoms with Crippen LogP contribution in [0.2, 0.25) is 0 Å². The molecular formula is C7H11O3S. The zero-order valence-electron chi connectivity index (χ0n) is 6.37. The van der Waals surface area contributed by atoms with Crippen molar-refractivity contribution < 1.29 is 14.3 Å². The maximum atomic E-state index is 11.0. The lowest BCUT2D eigenvalue weighted by Crippen LogP contribution is -2.24. The highest BCUT2D eigenvalue weighted by Gasteiger charge is 2.31. The molecule has 0 aromatic heterocycles. The van der Waals surface area contributed by atoms with Gasteiger partial charge in [0, 0.05) is 11.5 Å². The molecule has 1 aliphatic rings. The molecule has 1 radical (unpaired) electrons. The van der Waals surface area contributed by atoms with E-state index in [1.807, 2.05) is 0 Å². The van der Waals surface area contributed by atoms with Gasteiger partial charge in [0.2, 0.25) is 0 Å². The van der Waals surface area contributed by atoms with E-state index >= 15 is 0 Å². The average Bonchev–Trinajstić information content (AvgIpc) is 2.36. The summed E-state index contributed by atoms with van der Waals surface area (Å²) in [6.07, 6.45) is 0. The first kappa shape index (κ1) is 8.59. The summed E-state index contributed by atoms with van der Waals surface area (Å²) in [6.45, 7) is 2.11. The fourth-order valence-corrected chi connectivity index (χ4v) is 2.15. The third-order valence-electron chi connectivity index (χ3n) is 1.54. The number of carbonyl (C=O) groups excluding carboxylic acids is 2. The van der Waals surface area contributed by atoms with E-state index in [-0.39, 0.29) is 11.8 Å². The third kappa shape index (κ3) is 1.96. The van der Waals surface area contributed by atoms with E-state index in [1.165, 1.54) is 0 Å². The minimum absolute atomic E-state index is 0.0325. The predicted molar refractivity (Wildman–Crippen MR) is 43.9 cm³/mol. The summed E-state index contributed by atoms with van der Waals surface area (Å²) in [5.41, 5.74) is 0. The summed E-state index contributed by atoms with van der Waals surface area (Å²) >= 11 is 1.06. The van der Waals surface area contributed by atoms with Gasteiger partial charge in [-0.25, -0.2) is 11.8 Å². The molecule has 0 spiro atoms. The maximum Gasteiger partial charge on any atom is 0.317 e. The molecule has 0 aromatic rings. The normalized spacial score (nSPS) is 23.7. The van der Waals surface area contributed by atoms with Crippen LogP contribution in [0.3, 0.4) is 0 Å². The minimum Gasteiger partial charge on any atom is -0.465 e. The highest BCUT2D eigenvalue weighted by atomic mass is 32.2. The maximum absolute atomic E-state index is 11.0. The molecule has 3 nitrogen and oxygen atoms in total. The molecule has 0 amide bonds. The number of esters is 1. The molecule has 0 aromatic carbocycles. The van der Waals surface area contributed by atoms with Crippen molar-refractivity contribution >= 4 is 23.5 Å². The van der Waals surface area contributed by atoms with Gasteiger partial charge < -0.3 is 4.74 Å². The van der Waals surface area contributed by atoms with Crippen molar-refractivity contribution in [1.29, 1.82) is 0 Å². The fourth-order valence-electron chi connectivity index (χ4n) is 0.965. The van der Waals surface area contributed by atoms with Crippen molar-refractivity contribution in [2.75, 3.05) is 18.1 Å². The van der Waals surface area contributed by atoms with Crippen LogP contribution in [0.15, 0.2) is 0 Å². The molecule has 1 fully saturated rings. The topological polar surface area (TPSA) is 43.4 Å². The lowest BCUT2D eigenvalue weighted by Gasteiger charge is -2.04. The third-order valence-corrected chi connectivity index (χ3v) is 2.70. The molecular weight excluding hydrogens is 164 g/mol. The first-order valence-electron chi connectivity index (χ1n) is 3.58. The number of ether oxygens (including phenoxy) is 1. The van der Waals surface area contributed by atoms with Crippen LogP contribution < -0.4 is 0 Å². The Balaban J connectivity index is 2.46. The number of Topliss-reactive ketones (excluding diaryl/α,β-unsaturated/α-hetero) is 1. The van der Waals surface area contributed by atoms with Gasteiger partial charge in [0.05, 0.1) is 6.61 Å². The molecule has 1 aliphatic heterocycles. The van der Waals surface area contributed by atoms with E-state index in [2.05, 4.69) is 0 Å². The monoisotopic (exact) mass is 175 g/mol. The highest BCUT2D eigenvalue weighted by molar-refractivity contribution is 8.00. The van der Waals surface area contributed by atoms with E-state index in [4.69, 9.17) is 4.74 Å². The van der Waals surface area contributed by atoms with Crippen LogP contribution in [-0.4, -0.2) is 29.9 Å². The van der Waals surface area contributed by atoms with E-state index in [1.54, 1.807) is 6.92 Å². The SMILES string of the molecule is CCOC(=O)C1C[SH]CC1=O. The molecule has 0 saturated carbocycles. The van der Waals surface area contributed by atoms with Gasteiger partial charge in [-0.05, 0) is 6.92 Å². The Kier molecular flexibility index (Phi) is 2.93. The number of hydrogen-bond donors (Lipinski definition) is 1. The average molecular weight is 175 g/mol. The van der Waals surface area contributed by atoms with Crippen LogP contribution in [0.4, 0.5) is 0 Å². The standard InChI is InChI=1S/C7H11O3S/c1-2-10-7(9)5-3-11-4-6(5)8/h5,11H,2-4H2,1H3. The van der Waals surface area contributed by atoms with Crippen LogP contribution in [0.25, 0.3) is 0 Å². The van der Waals surface area contributed by atoms with Gasteiger partial charge >= 0.3 is 5.97 Å². The molecule has 0 N–H and O–H groups in total. The summed E-state index contributed by atoms with van der Waals surface area (Å²) in [6, 6.07) is 0. The van der Waals surface area contributed by atoms with Crippen molar-refractivity contribution in [3.63, 3.8) is 0 Å². The molecule has 1 unspecified atom stereocenters. The van der Waals surface area contributed by atoms with Gasteiger partial charge in [-0.2, -0.15) is 0 Å². The number of rotatable bonds is 2. The Morgan fingerprint density at radius 2 is 2.55 bits per heavy atom. The second kappa shape index (κ2) is 3.76. The van der Waals surface area contributed by atoms with Crippen molar-refractivity contribution in [3.05, 3.63) is 0 Å². The largest absolute Gasteiger partial charge is 0.465 e. The van der Waals surface area contributed by atoms with Crippen molar-refractivity contribution in [3.8, 4) is 0 Å². The molecule has 1 saturated heterocycles. The zero-order valence-corrected chi connectivity index (χ0v) is 7.27. The molecule has 1 atom stereocenters. The second-order valence-corrected chi connectivity index (χ2v) is 3.46. The predicted octanol–water partition coefficient (Wildman–Crippen LogP) is 0.214. The lowest BCUT2D eigenvalue weighted by molar-refractivity contribution is -0.149. The van der Waals surface area contributed by atoms with E-state index in [0.29, 0.717) is 18.1 Å². The van der Waals surface area contributed by atoms with E-state index in [9.17, 15) is 9.59 Å². The van der Waals surface area contributed by atoms with E-state index < -0.39 is 5.92 Å². The van der Waals surface area contributed by atoms with Crippen LogP contribution in [0.5, 0.6) is 0 Å². The van der Waals surface area contributed by atoms with Crippen LogP contribution in [0.1, 0.15) is 6.92 Å². The summed E-state index contributed by atoms with van der Waals surface area (Å²) < 4.78 is 4.73. The Morgan fingerprint density at radius 1 is 1.82 bits per heavy atom. The van der Waals surface area contributed by atoms with Crippen molar-refractivity contribution in [2.45, 2.75) is 6.92 Å². The zero-order chi connectivity index (χ0) is 8.27. The molecule has 0 bridgehead atoms. The smallest absolute Gasteiger partial charge is 0.317 e. The van der Waals surface area contributed by atoms with Crippen molar-refractivity contribution in [1.82, 2.24) is 0 Å². The number of thiol groups is 1. The summed E-state index contributed by atoms with van der Waals surface area (Å²) in [5, 5.41) is 0. The summed E-state index contributed by atoms with van der Waals surface area (Å²) in [7, 11) is 0. The van der Waals surface area contributed by atoms with Crippen LogP contribution >= 0.6 is 11.8 Å².